The fourth-order valence-corrected chi connectivity index (χ4v) is 2.37. The topological polar surface area (TPSA) is 34.4 Å². The van der Waals surface area contributed by atoms with E-state index >= 15 is 0 Å². The molecule has 2 aromatic rings. The molecule has 1 unspecified atom stereocenters. The van der Waals surface area contributed by atoms with Gasteiger partial charge in [-0.05, 0) is 50.1 Å². The van der Waals surface area contributed by atoms with Crippen LogP contribution in [0.1, 0.15) is 44.1 Å². The average molecular weight is 261 g/mol. The molecule has 0 fully saturated rings. The molecule has 1 N–H and O–H groups in total. The van der Waals surface area contributed by atoms with Crippen LogP contribution in [0.25, 0.3) is 11.0 Å². The van der Waals surface area contributed by atoms with Crippen LogP contribution in [0.15, 0.2) is 22.6 Å². The van der Waals surface area contributed by atoms with Gasteiger partial charge in [0.25, 0.3) is 0 Å². The van der Waals surface area contributed by atoms with Gasteiger partial charge in [0.2, 0.25) is 0 Å². The van der Waals surface area contributed by atoms with Crippen molar-refractivity contribution in [3.8, 4) is 5.75 Å². The number of furan rings is 1. The standard InChI is InChI=1S/C16H23NO2/c1-5-7-17-13(6-2)14-10-12-8-11(3)9-15(18-4)16(12)19-14/h8-10,13,17H,5-7H2,1-4H3. The molecule has 1 aromatic carbocycles. The van der Waals surface area contributed by atoms with Gasteiger partial charge >= 0.3 is 0 Å². The number of rotatable bonds is 6. The SMILES string of the molecule is CCCNC(CC)c1cc2cc(C)cc(OC)c2o1. The molecule has 0 radical (unpaired) electrons. The summed E-state index contributed by atoms with van der Waals surface area (Å²) in [6.07, 6.45) is 2.14. The maximum absolute atomic E-state index is 6.01. The molecule has 2 rings (SSSR count). The van der Waals surface area contributed by atoms with Crippen LogP contribution in [0, 0.1) is 6.92 Å². The molecule has 0 aliphatic rings. The van der Waals surface area contributed by atoms with E-state index in [9.17, 15) is 0 Å². The van der Waals surface area contributed by atoms with E-state index < -0.39 is 0 Å². The van der Waals surface area contributed by atoms with E-state index in [2.05, 4.69) is 38.2 Å². The van der Waals surface area contributed by atoms with Crippen LogP contribution < -0.4 is 10.1 Å². The van der Waals surface area contributed by atoms with Gasteiger partial charge in [-0.2, -0.15) is 0 Å². The fourth-order valence-electron chi connectivity index (χ4n) is 2.37. The van der Waals surface area contributed by atoms with E-state index in [1.165, 1.54) is 5.56 Å². The first-order chi connectivity index (χ1) is 9.19. The summed E-state index contributed by atoms with van der Waals surface area (Å²) in [5, 5.41) is 4.63. The number of hydrogen-bond donors (Lipinski definition) is 1. The summed E-state index contributed by atoms with van der Waals surface area (Å²) < 4.78 is 11.4. The maximum atomic E-state index is 6.01. The first-order valence-electron chi connectivity index (χ1n) is 7.01. The predicted octanol–water partition coefficient (Wildman–Crippen LogP) is 4.20. The number of aryl methyl sites for hydroxylation is 1. The third-order valence-electron chi connectivity index (χ3n) is 3.36. The lowest BCUT2D eigenvalue weighted by Gasteiger charge is -2.13. The van der Waals surface area contributed by atoms with E-state index in [1.807, 2.05) is 6.07 Å². The molecule has 0 amide bonds. The quantitative estimate of drug-likeness (QED) is 0.846. The van der Waals surface area contributed by atoms with E-state index in [0.29, 0.717) is 0 Å². The van der Waals surface area contributed by atoms with Gasteiger partial charge in [-0.3, -0.25) is 0 Å². The van der Waals surface area contributed by atoms with Gasteiger partial charge in [0.05, 0.1) is 13.2 Å². The second kappa shape index (κ2) is 6.11. The Kier molecular flexibility index (Phi) is 4.48. The molecule has 0 aliphatic carbocycles. The van der Waals surface area contributed by atoms with Crippen molar-refractivity contribution in [3.05, 3.63) is 29.5 Å². The van der Waals surface area contributed by atoms with Crippen molar-refractivity contribution in [3.63, 3.8) is 0 Å². The lowest BCUT2D eigenvalue weighted by atomic mass is 10.1. The van der Waals surface area contributed by atoms with Gasteiger partial charge in [0, 0.05) is 5.39 Å². The van der Waals surface area contributed by atoms with Crippen LogP contribution >= 0.6 is 0 Å². The summed E-state index contributed by atoms with van der Waals surface area (Å²) in [5.41, 5.74) is 2.03. The zero-order chi connectivity index (χ0) is 13.8. The number of hydrogen-bond acceptors (Lipinski definition) is 3. The lowest BCUT2D eigenvalue weighted by molar-refractivity contribution is 0.392. The zero-order valence-corrected chi connectivity index (χ0v) is 12.2. The molecule has 0 spiro atoms. The highest BCUT2D eigenvalue weighted by Gasteiger charge is 2.16. The van der Waals surface area contributed by atoms with Crippen LogP contribution in [-0.2, 0) is 0 Å². The molecular formula is C16H23NO2. The summed E-state index contributed by atoms with van der Waals surface area (Å²) in [7, 11) is 1.68. The van der Waals surface area contributed by atoms with Gasteiger partial charge in [-0.25, -0.2) is 0 Å². The van der Waals surface area contributed by atoms with E-state index in [4.69, 9.17) is 9.15 Å². The summed E-state index contributed by atoms with van der Waals surface area (Å²) in [6, 6.07) is 6.55. The minimum absolute atomic E-state index is 0.275. The normalized spacial score (nSPS) is 12.8. The van der Waals surface area contributed by atoms with Crippen LogP contribution in [0.2, 0.25) is 0 Å². The highest BCUT2D eigenvalue weighted by Crippen LogP contribution is 2.33. The van der Waals surface area contributed by atoms with Gasteiger partial charge < -0.3 is 14.5 Å². The summed E-state index contributed by atoms with van der Waals surface area (Å²) in [6.45, 7) is 7.42. The molecule has 0 saturated heterocycles. The second-order valence-corrected chi connectivity index (χ2v) is 4.95. The summed E-state index contributed by atoms with van der Waals surface area (Å²) in [4.78, 5) is 0. The average Bonchev–Trinajstić information content (AvgIpc) is 2.82. The minimum Gasteiger partial charge on any atom is -0.493 e. The largest absolute Gasteiger partial charge is 0.493 e. The Balaban J connectivity index is 2.39. The van der Waals surface area contributed by atoms with Crippen molar-refractivity contribution in [2.45, 2.75) is 39.7 Å². The predicted molar refractivity (Wildman–Crippen MR) is 78.8 cm³/mol. The van der Waals surface area contributed by atoms with Crippen molar-refractivity contribution in [1.29, 1.82) is 0 Å². The van der Waals surface area contributed by atoms with E-state index in [1.54, 1.807) is 7.11 Å². The molecular weight excluding hydrogens is 238 g/mol. The molecule has 3 heteroatoms. The summed E-state index contributed by atoms with van der Waals surface area (Å²) in [5.74, 6) is 1.81. The van der Waals surface area contributed by atoms with Crippen LogP contribution in [-0.4, -0.2) is 13.7 Å². The van der Waals surface area contributed by atoms with Gasteiger partial charge in [-0.15, -0.1) is 0 Å². The van der Waals surface area contributed by atoms with E-state index in [0.717, 1.165) is 41.9 Å². The molecule has 0 saturated carbocycles. The Morgan fingerprint density at radius 2 is 2.05 bits per heavy atom. The van der Waals surface area contributed by atoms with Crippen molar-refractivity contribution < 1.29 is 9.15 Å². The molecule has 0 bridgehead atoms. The Morgan fingerprint density at radius 3 is 2.68 bits per heavy atom. The van der Waals surface area contributed by atoms with Gasteiger partial charge in [0.1, 0.15) is 5.76 Å². The Bertz CT molecular complexity index is 545. The third kappa shape index (κ3) is 2.92. The molecule has 1 aromatic heterocycles. The number of nitrogens with one attached hydrogen (secondary N) is 1. The number of benzene rings is 1. The first kappa shape index (κ1) is 13.9. The van der Waals surface area contributed by atoms with Crippen molar-refractivity contribution in [2.24, 2.45) is 0 Å². The summed E-state index contributed by atoms with van der Waals surface area (Å²) >= 11 is 0. The highest BCUT2D eigenvalue weighted by atomic mass is 16.5. The minimum atomic E-state index is 0.275. The highest BCUT2D eigenvalue weighted by molar-refractivity contribution is 5.84. The van der Waals surface area contributed by atoms with Crippen LogP contribution in [0.4, 0.5) is 0 Å². The van der Waals surface area contributed by atoms with Crippen LogP contribution in [0.5, 0.6) is 5.75 Å². The lowest BCUT2D eigenvalue weighted by Crippen LogP contribution is -2.20. The Morgan fingerprint density at radius 1 is 1.26 bits per heavy atom. The number of fused-ring (bicyclic) bond motifs is 1. The molecule has 1 heterocycles. The second-order valence-electron chi connectivity index (χ2n) is 4.95. The Hall–Kier alpha value is -1.48. The smallest absolute Gasteiger partial charge is 0.176 e. The first-order valence-corrected chi connectivity index (χ1v) is 7.01. The molecule has 3 nitrogen and oxygen atoms in total. The monoisotopic (exact) mass is 261 g/mol. The van der Waals surface area contributed by atoms with Gasteiger partial charge in [0.15, 0.2) is 11.3 Å². The zero-order valence-electron chi connectivity index (χ0n) is 12.2. The van der Waals surface area contributed by atoms with Crippen molar-refractivity contribution in [1.82, 2.24) is 5.32 Å². The Labute approximate surface area is 114 Å². The van der Waals surface area contributed by atoms with Gasteiger partial charge in [-0.1, -0.05) is 13.8 Å². The van der Waals surface area contributed by atoms with E-state index in [-0.39, 0.29) is 6.04 Å². The third-order valence-corrected chi connectivity index (χ3v) is 3.36. The maximum Gasteiger partial charge on any atom is 0.176 e. The number of methoxy groups -OCH3 is 1. The van der Waals surface area contributed by atoms with Crippen molar-refractivity contribution >= 4 is 11.0 Å². The number of ether oxygens (including phenoxy) is 1. The molecule has 19 heavy (non-hydrogen) atoms. The van der Waals surface area contributed by atoms with Crippen LogP contribution in [0.3, 0.4) is 0 Å². The molecule has 1 atom stereocenters. The van der Waals surface area contributed by atoms with Crippen molar-refractivity contribution in [2.75, 3.05) is 13.7 Å². The molecule has 0 aliphatic heterocycles. The molecule has 104 valence electrons. The fraction of sp³-hybridized carbons (Fsp3) is 0.500.